The average molecular weight is 906 g/mol. The van der Waals surface area contributed by atoms with Crippen LogP contribution in [0, 0.1) is 0 Å². The highest BCUT2D eigenvalue weighted by Crippen LogP contribution is 2.42. The van der Waals surface area contributed by atoms with E-state index in [-0.39, 0.29) is 28.3 Å². The zero-order valence-corrected chi connectivity index (χ0v) is 37.8. The molecular formula is C47H55ClF3N7O6. The SMILES string of the molecule is COCCN1CCC[C@H]1COc1nc(N2CCN(C(=O)OC(C)(C)C)CC2)c2cc(Cl)c(-c3nc(N(Cc4ccc(OC)cc4)Cc4ccc(OC)cc4)ccc3C(F)(F)F)cc2n1. The van der Waals surface area contributed by atoms with Gasteiger partial charge in [-0.2, -0.15) is 23.1 Å². The number of rotatable bonds is 15. The second-order valence-corrected chi connectivity index (χ2v) is 17.3. The van der Waals surface area contributed by atoms with Gasteiger partial charge >= 0.3 is 18.3 Å². The summed E-state index contributed by atoms with van der Waals surface area (Å²) in [4.78, 5) is 35.3. The molecule has 2 aliphatic heterocycles. The fourth-order valence-corrected chi connectivity index (χ4v) is 8.22. The molecule has 4 heterocycles. The molecule has 342 valence electrons. The van der Waals surface area contributed by atoms with Crippen molar-refractivity contribution in [3.05, 3.63) is 94.5 Å². The molecule has 0 saturated carbocycles. The molecule has 0 radical (unpaired) electrons. The van der Waals surface area contributed by atoms with Gasteiger partial charge in [-0.25, -0.2) is 9.78 Å². The van der Waals surface area contributed by atoms with Gasteiger partial charge < -0.3 is 38.4 Å². The Kier molecular flexibility index (Phi) is 14.6. The largest absolute Gasteiger partial charge is 0.497 e. The number of carbonyl (C=O) groups excluding carboxylic acids is 1. The first-order valence-electron chi connectivity index (χ1n) is 21.3. The number of ether oxygens (including phenoxy) is 5. The molecule has 0 N–H and O–H groups in total. The molecule has 0 aliphatic carbocycles. The van der Waals surface area contributed by atoms with Gasteiger partial charge in [0, 0.05) is 69.9 Å². The van der Waals surface area contributed by atoms with Gasteiger partial charge in [0.2, 0.25) is 0 Å². The van der Waals surface area contributed by atoms with E-state index in [4.69, 9.17) is 50.2 Å². The summed E-state index contributed by atoms with van der Waals surface area (Å²) in [5.74, 6) is 2.15. The number of hydrogen-bond acceptors (Lipinski definition) is 12. The van der Waals surface area contributed by atoms with Crippen LogP contribution in [0.25, 0.3) is 22.2 Å². The second kappa shape index (κ2) is 20.1. The number of likely N-dealkylation sites (tertiary alicyclic amines) is 1. The maximum Gasteiger partial charge on any atom is 0.418 e. The zero-order chi connectivity index (χ0) is 45.6. The molecule has 2 aliphatic rings. The zero-order valence-electron chi connectivity index (χ0n) is 37.1. The van der Waals surface area contributed by atoms with Crippen molar-refractivity contribution in [1.29, 1.82) is 0 Å². The molecule has 2 aromatic heterocycles. The fourth-order valence-electron chi connectivity index (χ4n) is 7.96. The Bertz CT molecular complexity index is 2330. The number of methoxy groups -OCH3 is 3. The Morgan fingerprint density at radius 1 is 0.828 bits per heavy atom. The molecule has 13 nitrogen and oxygen atoms in total. The van der Waals surface area contributed by atoms with Gasteiger partial charge in [-0.05, 0) is 99.8 Å². The van der Waals surface area contributed by atoms with Gasteiger partial charge in [-0.3, -0.25) is 4.90 Å². The Morgan fingerprint density at radius 3 is 2.05 bits per heavy atom. The van der Waals surface area contributed by atoms with Crippen LogP contribution in [0.15, 0.2) is 72.8 Å². The second-order valence-electron chi connectivity index (χ2n) is 16.9. The minimum absolute atomic E-state index is 0.0326. The lowest BCUT2D eigenvalue weighted by Crippen LogP contribution is -2.50. The predicted octanol–water partition coefficient (Wildman–Crippen LogP) is 9.13. The van der Waals surface area contributed by atoms with Crippen LogP contribution in [0.3, 0.4) is 0 Å². The summed E-state index contributed by atoms with van der Waals surface area (Å²) < 4.78 is 73.1. The number of piperazine rings is 1. The van der Waals surface area contributed by atoms with Crippen LogP contribution in [0.1, 0.15) is 50.3 Å². The van der Waals surface area contributed by atoms with Crippen molar-refractivity contribution in [2.24, 2.45) is 0 Å². The number of fused-ring (bicyclic) bond motifs is 1. The molecule has 2 saturated heterocycles. The van der Waals surface area contributed by atoms with Crippen LogP contribution in [0.5, 0.6) is 17.5 Å². The summed E-state index contributed by atoms with van der Waals surface area (Å²) in [6, 6.07) is 20.7. The van der Waals surface area contributed by atoms with Crippen molar-refractivity contribution in [1.82, 2.24) is 24.8 Å². The van der Waals surface area contributed by atoms with Crippen LogP contribution in [0.2, 0.25) is 5.02 Å². The van der Waals surface area contributed by atoms with E-state index in [0.29, 0.717) is 86.5 Å². The maximum atomic E-state index is 15.0. The smallest absolute Gasteiger partial charge is 0.418 e. The van der Waals surface area contributed by atoms with Crippen LogP contribution >= 0.6 is 11.6 Å². The quantitative estimate of drug-likeness (QED) is 0.0999. The highest BCUT2D eigenvalue weighted by atomic mass is 35.5. The van der Waals surface area contributed by atoms with Crippen molar-refractivity contribution < 1.29 is 41.7 Å². The number of aromatic nitrogens is 3. The third-order valence-electron chi connectivity index (χ3n) is 11.3. The summed E-state index contributed by atoms with van der Waals surface area (Å²) in [5, 5.41) is 0.546. The molecule has 5 aromatic rings. The number of alkyl halides is 3. The normalized spacial score (nSPS) is 16.0. The number of halogens is 4. The fraction of sp³-hybridized carbons (Fsp3) is 0.447. The predicted molar refractivity (Wildman–Crippen MR) is 241 cm³/mol. The van der Waals surface area contributed by atoms with Gasteiger partial charge in [0.05, 0.1) is 42.6 Å². The molecule has 1 atom stereocenters. The highest BCUT2D eigenvalue weighted by Gasteiger charge is 2.36. The summed E-state index contributed by atoms with van der Waals surface area (Å²) in [7, 11) is 4.84. The maximum absolute atomic E-state index is 15.0. The lowest BCUT2D eigenvalue weighted by Gasteiger charge is -2.36. The molecule has 0 bridgehead atoms. The number of benzene rings is 3. The molecule has 0 unspecified atom stereocenters. The van der Waals surface area contributed by atoms with Gasteiger partial charge in [0.25, 0.3) is 0 Å². The third-order valence-corrected chi connectivity index (χ3v) is 11.6. The average Bonchev–Trinajstić information content (AvgIpc) is 3.73. The van der Waals surface area contributed by atoms with E-state index in [0.717, 1.165) is 43.1 Å². The monoisotopic (exact) mass is 905 g/mol. The van der Waals surface area contributed by atoms with Crippen molar-refractivity contribution >= 4 is 40.2 Å². The lowest BCUT2D eigenvalue weighted by molar-refractivity contribution is -0.137. The Morgan fingerprint density at radius 2 is 1.47 bits per heavy atom. The van der Waals surface area contributed by atoms with Crippen molar-refractivity contribution in [3.8, 4) is 28.8 Å². The van der Waals surface area contributed by atoms with E-state index in [2.05, 4.69) is 4.90 Å². The first kappa shape index (κ1) is 46.4. The molecule has 7 rings (SSSR count). The van der Waals surface area contributed by atoms with E-state index >= 15 is 13.2 Å². The molecule has 17 heteroatoms. The third kappa shape index (κ3) is 11.4. The van der Waals surface area contributed by atoms with E-state index < -0.39 is 23.4 Å². The Hall–Kier alpha value is -5.58. The summed E-state index contributed by atoms with van der Waals surface area (Å²) >= 11 is 7.06. The van der Waals surface area contributed by atoms with Crippen LogP contribution in [0.4, 0.5) is 29.6 Å². The summed E-state index contributed by atoms with van der Waals surface area (Å²) in [5.41, 5.74) is 0.206. The number of nitrogens with zero attached hydrogens (tertiary/aromatic N) is 7. The molecule has 2 fully saturated rings. The Labute approximate surface area is 377 Å². The number of anilines is 2. The van der Waals surface area contributed by atoms with E-state index in [1.54, 1.807) is 32.3 Å². The minimum Gasteiger partial charge on any atom is -0.497 e. The van der Waals surface area contributed by atoms with Crippen molar-refractivity contribution in [2.45, 2.75) is 64.5 Å². The van der Waals surface area contributed by atoms with E-state index in [9.17, 15) is 4.79 Å². The number of amides is 1. The summed E-state index contributed by atoms with van der Waals surface area (Å²) in [6.45, 7) is 10.2. The van der Waals surface area contributed by atoms with Crippen LogP contribution in [-0.4, -0.2) is 116 Å². The molecule has 1 amide bonds. The first-order valence-corrected chi connectivity index (χ1v) is 21.7. The molecule has 0 spiro atoms. The standard InChI is InChI=1S/C47H55ClF3N7O6/c1-46(2,3)64-45(59)57-22-20-56(21-23-57)43-37-26-39(48)36(27-40(37)52-44(54-43)63-30-33-8-7-19-55(33)24-25-60-4)42-38(47(49,50)51)17-18-41(53-42)58(28-31-9-13-34(61-5)14-10-31)29-32-11-15-35(62-6)16-12-32/h9-18,26-27,33H,7-8,19-25,28-30H2,1-6H3/t33-/m0/s1. The lowest BCUT2D eigenvalue weighted by atomic mass is 10.0. The Balaban J connectivity index is 1.29. The van der Waals surface area contributed by atoms with Crippen LogP contribution < -0.4 is 24.0 Å². The van der Waals surface area contributed by atoms with Gasteiger partial charge in [0.15, 0.2) is 0 Å². The number of hydrogen-bond donors (Lipinski definition) is 0. The topological polar surface area (TPSA) is 115 Å². The van der Waals surface area contributed by atoms with E-state index in [1.165, 1.54) is 12.1 Å². The highest BCUT2D eigenvalue weighted by molar-refractivity contribution is 6.34. The number of carbonyl (C=O) groups is 1. The van der Waals surface area contributed by atoms with Crippen LogP contribution in [-0.2, 0) is 28.7 Å². The van der Waals surface area contributed by atoms with Gasteiger partial charge in [-0.1, -0.05) is 35.9 Å². The molecule has 64 heavy (non-hydrogen) atoms. The van der Waals surface area contributed by atoms with Gasteiger partial charge in [-0.15, -0.1) is 0 Å². The first-order chi connectivity index (χ1) is 30.6. The van der Waals surface area contributed by atoms with Crippen molar-refractivity contribution in [2.75, 3.05) is 83.6 Å². The summed E-state index contributed by atoms with van der Waals surface area (Å²) in [6.07, 6.45) is -3.25. The number of pyridine rings is 1. The van der Waals surface area contributed by atoms with Gasteiger partial charge in [0.1, 0.15) is 35.3 Å². The molecule has 3 aromatic carbocycles. The minimum atomic E-state index is -4.77. The van der Waals surface area contributed by atoms with Crippen molar-refractivity contribution in [3.63, 3.8) is 0 Å². The molecular weight excluding hydrogens is 851 g/mol. The van der Waals surface area contributed by atoms with E-state index in [1.807, 2.05) is 79.1 Å².